The highest BCUT2D eigenvalue weighted by Crippen LogP contribution is 2.29. The van der Waals surface area contributed by atoms with Crippen molar-refractivity contribution in [3.63, 3.8) is 0 Å². The van der Waals surface area contributed by atoms with Crippen LogP contribution in [0, 0.1) is 0 Å². The van der Waals surface area contributed by atoms with Gasteiger partial charge in [0.05, 0.1) is 18.4 Å². The minimum atomic E-state index is -4.44. The van der Waals surface area contributed by atoms with Crippen molar-refractivity contribution < 1.29 is 26.9 Å². The van der Waals surface area contributed by atoms with Gasteiger partial charge in [-0.1, -0.05) is 12.1 Å². The SMILES string of the molecule is COC(=O)C1=CC(c2ccc(C(F)(F)F)cc2)=NS(=O)N1. The van der Waals surface area contributed by atoms with E-state index in [0.29, 0.717) is 5.56 Å². The first-order valence-electron chi connectivity index (χ1n) is 5.56. The molecule has 0 aromatic heterocycles. The lowest BCUT2D eigenvalue weighted by Crippen LogP contribution is -2.27. The van der Waals surface area contributed by atoms with E-state index in [1.54, 1.807) is 0 Å². The molecular weight excluding hydrogens is 309 g/mol. The second-order valence-corrected chi connectivity index (χ2v) is 4.84. The summed E-state index contributed by atoms with van der Waals surface area (Å²) in [6.07, 6.45) is -3.18. The van der Waals surface area contributed by atoms with Crippen molar-refractivity contribution in [1.82, 2.24) is 4.72 Å². The van der Waals surface area contributed by atoms with Crippen LogP contribution in [0.2, 0.25) is 0 Å². The first-order chi connectivity index (χ1) is 9.81. The Morgan fingerprint density at radius 2 is 1.90 bits per heavy atom. The van der Waals surface area contributed by atoms with Crippen LogP contribution in [0.3, 0.4) is 0 Å². The number of allylic oxidation sites excluding steroid dienone is 1. The largest absolute Gasteiger partial charge is 0.464 e. The molecule has 0 saturated carbocycles. The van der Waals surface area contributed by atoms with E-state index in [2.05, 4.69) is 13.9 Å². The number of alkyl halides is 3. The highest BCUT2D eigenvalue weighted by Gasteiger charge is 2.30. The second kappa shape index (κ2) is 5.68. The second-order valence-electron chi connectivity index (χ2n) is 3.95. The highest BCUT2D eigenvalue weighted by atomic mass is 32.2. The zero-order valence-corrected chi connectivity index (χ0v) is 11.4. The molecule has 21 heavy (non-hydrogen) atoms. The van der Waals surface area contributed by atoms with E-state index in [-0.39, 0.29) is 11.4 Å². The maximum Gasteiger partial charge on any atom is 0.416 e. The van der Waals surface area contributed by atoms with Gasteiger partial charge in [-0.15, -0.1) is 0 Å². The number of nitrogens with zero attached hydrogens (tertiary/aromatic N) is 1. The van der Waals surface area contributed by atoms with Gasteiger partial charge in [0.2, 0.25) is 11.2 Å². The monoisotopic (exact) mass is 318 g/mol. The van der Waals surface area contributed by atoms with Crippen LogP contribution in [-0.2, 0) is 26.9 Å². The molecule has 1 aliphatic heterocycles. The van der Waals surface area contributed by atoms with Crippen LogP contribution in [-0.4, -0.2) is 23.0 Å². The Kier molecular flexibility index (Phi) is 4.12. The topological polar surface area (TPSA) is 67.8 Å². The number of nitrogens with one attached hydrogen (secondary N) is 1. The smallest absolute Gasteiger partial charge is 0.416 e. The lowest BCUT2D eigenvalue weighted by Gasteiger charge is -2.13. The van der Waals surface area contributed by atoms with Gasteiger partial charge < -0.3 is 4.74 Å². The van der Waals surface area contributed by atoms with Gasteiger partial charge in [-0.05, 0) is 18.2 Å². The van der Waals surface area contributed by atoms with Crippen LogP contribution in [0.25, 0.3) is 0 Å². The molecule has 1 N–H and O–H groups in total. The molecule has 0 bridgehead atoms. The van der Waals surface area contributed by atoms with Crippen LogP contribution >= 0.6 is 0 Å². The van der Waals surface area contributed by atoms with Gasteiger partial charge in [0.1, 0.15) is 5.70 Å². The maximum atomic E-state index is 12.5. The summed E-state index contributed by atoms with van der Waals surface area (Å²) in [5.41, 5.74) is -0.458. The summed E-state index contributed by atoms with van der Waals surface area (Å²) in [5, 5.41) is 0. The molecule has 0 spiro atoms. The molecule has 9 heteroatoms. The summed E-state index contributed by atoms with van der Waals surface area (Å²) in [6.45, 7) is 0. The number of halogens is 3. The average Bonchev–Trinajstić information content (AvgIpc) is 2.45. The van der Waals surface area contributed by atoms with Crippen LogP contribution in [0.4, 0.5) is 13.2 Å². The lowest BCUT2D eigenvalue weighted by atomic mass is 10.1. The molecule has 1 unspecified atom stereocenters. The Balaban J connectivity index is 2.35. The molecule has 112 valence electrons. The van der Waals surface area contributed by atoms with E-state index in [1.807, 2.05) is 0 Å². The zero-order chi connectivity index (χ0) is 15.6. The van der Waals surface area contributed by atoms with Gasteiger partial charge in [0.25, 0.3) is 0 Å². The quantitative estimate of drug-likeness (QED) is 0.845. The maximum absolute atomic E-state index is 12.5. The van der Waals surface area contributed by atoms with Crippen molar-refractivity contribution in [3.05, 3.63) is 47.2 Å². The Morgan fingerprint density at radius 3 is 2.43 bits per heavy atom. The van der Waals surface area contributed by atoms with Gasteiger partial charge in [0, 0.05) is 5.56 Å². The number of benzene rings is 1. The minimum absolute atomic E-state index is 0.0827. The number of ether oxygens (including phenoxy) is 1. The van der Waals surface area contributed by atoms with E-state index in [0.717, 1.165) is 19.2 Å². The van der Waals surface area contributed by atoms with Crippen LogP contribution in [0.5, 0.6) is 0 Å². The molecule has 1 aromatic carbocycles. The van der Waals surface area contributed by atoms with E-state index >= 15 is 0 Å². The third-order valence-electron chi connectivity index (χ3n) is 2.57. The number of esters is 1. The number of hydrogen-bond acceptors (Lipinski definition) is 3. The van der Waals surface area contributed by atoms with Crippen molar-refractivity contribution in [1.29, 1.82) is 0 Å². The predicted octanol–water partition coefficient (Wildman–Crippen LogP) is 1.73. The van der Waals surface area contributed by atoms with Gasteiger partial charge in [-0.3, -0.25) is 4.72 Å². The van der Waals surface area contributed by atoms with Crippen molar-refractivity contribution >= 4 is 22.9 Å². The molecule has 1 heterocycles. The van der Waals surface area contributed by atoms with Gasteiger partial charge in [-0.25, -0.2) is 9.00 Å². The fourth-order valence-corrected chi connectivity index (χ4v) is 2.29. The number of carbonyl (C=O) groups is 1. The third kappa shape index (κ3) is 3.48. The van der Waals surface area contributed by atoms with E-state index in [4.69, 9.17) is 0 Å². The number of rotatable bonds is 2. The first-order valence-corrected chi connectivity index (χ1v) is 6.67. The third-order valence-corrected chi connectivity index (χ3v) is 3.33. The Morgan fingerprint density at radius 1 is 1.29 bits per heavy atom. The summed E-state index contributed by atoms with van der Waals surface area (Å²) >= 11 is -1.90. The summed E-state index contributed by atoms with van der Waals surface area (Å²) < 4.78 is 59.4. The standard InChI is InChI=1S/C12H9F3N2O3S/c1-20-11(18)10-6-9(16-21(19)17-10)7-2-4-8(5-3-7)12(13,14)15/h2-6,17H,1H3. The normalized spacial score (nSPS) is 18.4. The number of carbonyl (C=O) groups excluding carboxylic acids is 1. The summed E-state index contributed by atoms with van der Waals surface area (Å²) in [4.78, 5) is 11.4. The van der Waals surface area contributed by atoms with E-state index < -0.39 is 28.9 Å². The summed E-state index contributed by atoms with van der Waals surface area (Å²) in [5.74, 6) is -0.748. The van der Waals surface area contributed by atoms with E-state index in [1.165, 1.54) is 18.2 Å². The average molecular weight is 318 g/mol. The molecule has 0 saturated heterocycles. The van der Waals surface area contributed by atoms with Crippen LogP contribution in [0.15, 0.2) is 40.4 Å². The zero-order valence-electron chi connectivity index (χ0n) is 10.6. The molecule has 0 fully saturated rings. The fourth-order valence-electron chi connectivity index (χ4n) is 1.58. The van der Waals surface area contributed by atoms with E-state index in [9.17, 15) is 22.2 Å². The number of hydrogen-bond donors (Lipinski definition) is 1. The molecule has 1 aromatic rings. The minimum Gasteiger partial charge on any atom is -0.464 e. The Hall–Kier alpha value is -2.16. The van der Waals surface area contributed by atoms with Crippen LogP contribution in [0.1, 0.15) is 11.1 Å². The first kappa shape index (κ1) is 15.2. The van der Waals surface area contributed by atoms with Crippen molar-refractivity contribution in [2.75, 3.05) is 7.11 Å². The fraction of sp³-hybridized carbons (Fsp3) is 0.167. The molecule has 0 radical (unpaired) electrons. The molecular formula is C12H9F3N2O3S. The lowest BCUT2D eigenvalue weighted by molar-refractivity contribution is -0.138. The van der Waals surface area contributed by atoms with Crippen molar-refractivity contribution in [2.45, 2.75) is 6.18 Å². The molecule has 5 nitrogen and oxygen atoms in total. The van der Waals surface area contributed by atoms with Gasteiger partial charge >= 0.3 is 12.1 Å². The highest BCUT2D eigenvalue weighted by molar-refractivity contribution is 7.82. The summed E-state index contributed by atoms with van der Waals surface area (Å²) in [7, 11) is 1.15. The number of methoxy groups -OCH3 is 1. The van der Waals surface area contributed by atoms with Crippen molar-refractivity contribution in [2.24, 2.45) is 4.40 Å². The Labute approximate surface area is 120 Å². The molecule has 2 rings (SSSR count). The molecule has 0 amide bonds. The van der Waals surface area contributed by atoms with Crippen LogP contribution < -0.4 is 4.72 Å². The molecule has 1 atom stereocenters. The molecule has 0 aliphatic carbocycles. The van der Waals surface area contributed by atoms with Gasteiger partial charge in [-0.2, -0.15) is 17.6 Å². The Bertz CT molecular complexity index is 651. The predicted molar refractivity (Wildman–Crippen MR) is 69.4 cm³/mol. The molecule has 1 aliphatic rings. The summed E-state index contributed by atoms with van der Waals surface area (Å²) in [6, 6.07) is 4.15. The van der Waals surface area contributed by atoms with Gasteiger partial charge in [0.15, 0.2) is 0 Å². The van der Waals surface area contributed by atoms with Crippen molar-refractivity contribution in [3.8, 4) is 0 Å².